The molecular weight excluding hydrogens is 284 g/mol. The maximum Gasteiger partial charge on any atom is 0.251 e. The van der Waals surface area contributed by atoms with E-state index in [1.807, 2.05) is 25.1 Å². The van der Waals surface area contributed by atoms with Crippen molar-refractivity contribution in [1.82, 2.24) is 10.3 Å². The van der Waals surface area contributed by atoms with Gasteiger partial charge in [0.2, 0.25) is 0 Å². The van der Waals surface area contributed by atoms with Crippen molar-refractivity contribution in [2.45, 2.75) is 32.2 Å². The molecule has 1 heterocycles. The van der Waals surface area contributed by atoms with Gasteiger partial charge in [-0.1, -0.05) is 42.8 Å². The third-order valence-electron chi connectivity index (χ3n) is 3.91. The number of pyridine rings is 1. The molecule has 1 unspecified atom stereocenters. The predicted octanol–water partition coefficient (Wildman–Crippen LogP) is 3.71. The van der Waals surface area contributed by atoms with E-state index in [0.717, 1.165) is 25.0 Å². The number of halogens is 1. The summed E-state index contributed by atoms with van der Waals surface area (Å²) in [6.07, 6.45) is 2.72. The Morgan fingerprint density at radius 2 is 2.19 bits per heavy atom. The van der Waals surface area contributed by atoms with Crippen molar-refractivity contribution < 1.29 is 4.79 Å². The van der Waals surface area contributed by atoms with Crippen LogP contribution in [0.5, 0.6) is 0 Å². The Kier molecular flexibility index (Phi) is 3.93. The number of aryl methyl sites for hydroxylation is 2. The van der Waals surface area contributed by atoms with Crippen LogP contribution in [-0.2, 0) is 12.8 Å². The van der Waals surface area contributed by atoms with Gasteiger partial charge in [-0.25, -0.2) is 4.98 Å². The van der Waals surface area contributed by atoms with Crippen molar-refractivity contribution in [2.24, 2.45) is 0 Å². The van der Waals surface area contributed by atoms with E-state index in [1.54, 1.807) is 6.07 Å². The van der Waals surface area contributed by atoms with Crippen LogP contribution in [-0.4, -0.2) is 10.9 Å². The lowest BCUT2D eigenvalue weighted by Gasteiger charge is -2.14. The highest BCUT2D eigenvalue weighted by atomic mass is 35.5. The maximum absolute atomic E-state index is 12.4. The molecule has 0 radical (unpaired) electrons. The standard InChI is InChI=1S/C17H17ClN2O/c1-2-13-9-12(10-16(18)19-13)17(21)20-15-8-7-11-5-3-4-6-14(11)15/h3-6,9-10,15H,2,7-8H2,1H3,(H,20,21). The number of hydrogen-bond acceptors (Lipinski definition) is 2. The number of nitrogens with zero attached hydrogens (tertiary/aromatic N) is 1. The van der Waals surface area contributed by atoms with Crippen LogP contribution in [0.1, 0.15) is 46.6 Å². The number of rotatable bonds is 3. The van der Waals surface area contributed by atoms with Gasteiger partial charge in [0.25, 0.3) is 5.91 Å². The number of amides is 1. The Morgan fingerprint density at radius 1 is 1.38 bits per heavy atom. The molecule has 0 spiro atoms. The fourth-order valence-electron chi connectivity index (χ4n) is 2.81. The van der Waals surface area contributed by atoms with Crippen LogP contribution in [0.25, 0.3) is 0 Å². The Hall–Kier alpha value is -1.87. The largest absolute Gasteiger partial charge is 0.345 e. The summed E-state index contributed by atoms with van der Waals surface area (Å²) in [6.45, 7) is 1.99. The number of nitrogens with one attached hydrogen (secondary N) is 1. The molecule has 1 aromatic carbocycles. The second kappa shape index (κ2) is 5.86. The van der Waals surface area contributed by atoms with E-state index in [0.29, 0.717) is 10.7 Å². The lowest BCUT2D eigenvalue weighted by molar-refractivity contribution is 0.0936. The average molecular weight is 301 g/mol. The second-order valence-electron chi connectivity index (χ2n) is 5.29. The lowest BCUT2D eigenvalue weighted by Crippen LogP contribution is -2.27. The molecule has 4 heteroatoms. The summed E-state index contributed by atoms with van der Waals surface area (Å²) in [4.78, 5) is 16.6. The molecule has 2 aromatic rings. The summed E-state index contributed by atoms with van der Waals surface area (Å²) >= 11 is 5.98. The zero-order chi connectivity index (χ0) is 14.8. The minimum absolute atomic E-state index is 0.0873. The van der Waals surface area contributed by atoms with Gasteiger partial charge in [-0.15, -0.1) is 0 Å². The normalized spacial score (nSPS) is 16.6. The van der Waals surface area contributed by atoms with Crippen LogP contribution >= 0.6 is 11.6 Å². The van der Waals surface area contributed by atoms with E-state index >= 15 is 0 Å². The molecule has 0 saturated carbocycles. The third kappa shape index (κ3) is 2.93. The zero-order valence-corrected chi connectivity index (χ0v) is 12.7. The first kappa shape index (κ1) is 14.1. The monoisotopic (exact) mass is 300 g/mol. The molecule has 1 amide bonds. The summed E-state index contributed by atoms with van der Waals surface area (Å²) in [5, 5.41) is 3.47. The molecule has 1 aromatic heterocycles. The fourth-order valence-corrected chi connectivity index (χ4v) is 3.04. The van der Waals surface area contributed by atoms with Crippen molar-refractivity contribution in [3.63, 3.8) is 0 Å². The van der Waals surface area contributed by atoms with E-state index in [-0.39, 0.29) is 11.9 Å². The SMILES string of the molecule is CCc1cc(C(=O)NC2CCc3ccccc32)cc(Cl)n1. The van der Waals surface area contributed by atoms with Crippen molar-refractivity contribution in [2.75, 3.05) is 0 Å². The topological polar surface area (TPSA) is 42.0 Å². The van der Waals surface area contributed by atoms with Crippen LogP contribution in [0.3, 0.4) is 0 Å². The first-order valence-electron chi connectivity index (χ1n) is 7.22. The Morgan fingerprint density at radius 3 is 3.00 bits per heavy atom. The number of carbonyl (C=O) groups is 1. The smallest absolute Gasteiger partial charge is 0.251 e. The van der Waals surface area contributed by atoms with E-state index in [1.165, 1.54) is 11.1 Å². The van der Waals surface area contributed by atoms with Gasteiger partial charge in [-0.3, -0.25) is 4.79 Å². The molecule has 108 valence electrons. The van der Waals surface area contributed by atoms with Crippen molar-refractivity contribution in [3.8, 4) is 0 Å². The summed E-state index contributed by atoms with van der Waals surface area (Å²) in [6, 6.07) is 11.8. The lowest BCUT2D eigenvalue weighted by atomic mass is 10.1. The van der Waals surface area contributed by atoms with Gasteiger partial charge in [0.05, 0.1) is 6.04 Å². The molecule has 1 aliphatic carbocycles. The minimum Gasteiger partial charge on any atom is -0.345 e. The molecule has 1 N–H and O–H groups in total. The van der Waals surface area contributed by atoms with Crippen molar-refractivity contribution in [1.29, 1.82) is 0 Å². The number of fused-ring (bicyclic) bond motifs is 1. The van der Waals surface area contributed by atoms with Gasteiger partial charge in [-0.2, -0.15) is 0 Å². The second-order valence-corrected chi connectivity index (χ2v) is 5.67. The maximum atomic E-state index is 12.4. The number of hydrogen-bond donors (Lipinski definition) is 1. The highest BCUT2D eigenvalue weighted by Gasteiger charge is 2.24. The molecule has 1 atom stereocenters. The van der Waals surface area contributed by atoms with Gasteiger partial charge >= 0.3 is 0 Å². The molecule has 0 fully saturated rings. The van der Waals surface area contributed by atoms with E-state index < -0.39 is 0 Å². The average Bonchev–Trinajstić information content (AvgIpc) is 2.90. The van der Waals surface area contributed by atoms with Gasteiger partial charge in [0.1, 0.15) is 5.15 Å². The number of aromatic nitrogens is 1. The first-order valence-corrected chi connectivity index (χ1v) is 7.60. The zero-order valence-electron chi connectivity index (χ0n) is 11.9. The Balaban J connectivity index is 1.80. The summed E-state index contributed by atoms with van der Waals surface area (Å²) in [5.41, 5.74) is 3.96. The molecule has 3 nitrogen and oxygen atoms in total. The predicted molar refractivity (Wildman–Crippen MR) is 83.6 cm³/mol. The van der Waals surface area contributed by atoms with Crippen LogP contribution < -0.4 is 5.32 Å². The van der Waals surface area contributed by atoms with Gasteiger partial charge in [0, 0.05) is 11.3 Å². The summed E-state index contributed by atoms with van der Waals surface area (Å²) in [7, 11) is 0. The fraction of sp³-hybridized carbons (Fsp3) is 0.294. The van der Waals surface area contributed by atoms with Crippen LogP contribution in [0.15, 0.2) is 36.4 Å². The summed E-state index contributed by atoms with van der Waals surface area (Å²) < 4.78 is 0. The Bertz CT molecular complexity index is 684. The molecule has 0 saturated heterocycles. The van der Waals surface area contributed by atoms with Crippen molar-refractivity contribution >= 4 is 17.5 Å². The van der Waals surface area contributed by atoms with Gasteiger partial charge in [0.15, 0.2) is 0 Å². The Labute approximate surface area is 129 Å². The molecule has 1 aliphatic rings. The summed E-state index contributed by atoms with van der Waals surface area (Å²) in [5.74, 6) is -0.0873. The minimum atomic E-state index is -0.0873. The quantitative estimate of drug-likeness (QED) is 0.878. The highest BCUT2D eigenvalue weighted by Crippen LogP contribution is 2.30. The number of carbonyl (C=O) groups excluding carboxylic acids is 1. The molecule has 3 rings (SSSR count). The number of benzene rings is 1. The van der Waals surface area contributed by atoms with E-state index in [9.17, 15) is 4.79 Å². The van der Waals surface area contributed by atoms with Crippen LogP contribution in [0, 0.1) is 0 Å². The highest BCUT2D eigenvalue weighted by molar-refractivity contribution is 6.29. The van der Waals surface area contributed by atoms with Crippen LogP contribution in [0.2, 0.25) is 5.15 Å². The van der Waals surface area contributed by atoms with Crippen LogP contribution in [0.4, 0.5) is 0 Å². The van der Waals surface area contributed by atoms with E-state index in [4.69, 9.17) is 11.6 Å². The molecule has 0 bridgehead atoms. The molecule has 21 heavy (non-hydrogen) atoms. The third-order valence-corrected chi connectivity index (χ3v) is 4.10. The molecular formula is C17H17ClN2O. The van der Waals surface area contributed by atoms with Gasteiger partial charge < -0.3 is 5.32 Å². The van der Waals surface area contributed by atoms with Crippen molar-refractivity contribution in [3.05, 3.63) is 63.9 Å². The first-order chi connectivity index (χ1) is 10.2. The molecule has 0 aliphatic heterocycles. The van der Waals surface area contributed by atoms with Gasteiger partial charge in [-0.05, 0) is 42.5 Å². The van der Waals surface area contributed by atoms with E-state index in [2.05, 4.69) is 22.4 Å².